The van der Waals surface area contributed by atoms with Crippen LogP contribution in [0.1, 0.15) is 50.5 Å². The van der Waals surface area contributed by atoms with Crippen molar-refractivity contribution >= 4 is 5.97 Å². The highest BCUT2D eigenvalue weighted by Crippen LogP contribution is 2.42. The number of halogens is 1. The molecule has 31 heavy (non-hydrogen) atoms. The van der Waals surface area contributed by atoms with Crippen molar-refractivity contribution in [2.45, 2.75) is 69.7 Å². The van der Waals surface area contributed by atoms with E-state index in [0.717, 1.165) is 25.7 Å². The normalized spacial score (nSPS) is 29.5. The average molecular weight is 435 g/mol. The maximum Gasteiger partial charge on any atom is 0.305 e. The van der Waals surface area contributed by atoms with E-state index in [1.165, 1.54) is 13.2 Å². The summed E-state index contributed by atoms with van der Waals surface area (Å²) in [5.74, 6) is 0.193. The number of fused-ring (bicyclic) bond motifs is 1. The number of aliphatic hydroxyl groups excluding tert-OH is 2. The molecule has 1 heterocycles. The first-order valence-corrected chi connectivity index (χ1v) is 11.4. The zero-order chi connectivity index (χ0) is 22.2. The molecule has 172 valence electrons. The van der Waals surface area contributed by atoms with E-state index in [9.17, 15) is 19.4 Å². The molecule has 1 aromatic carbocycles. The highest BCUT2D eigenvalue weighted by atomic mass is 19.1. The third kappa shape index (κ3) is 6.86. The van der Waals surface area contributed by atoms with Crippen molar-refractivity contribution in [3.8, 4) is 0 Å². The zero-order valence-corrected chi connectivity index (χ0v) is 18.3. The summed E-state index contributed by atoms with van der Waals surface area (Å²) in [7, 11) is 1.41. The van der Waals surface area contributed by atoms with Crippen molar-refractivity contribution in [3.05, 3.63) is 47.8 Å². The average Bonchev–Trinajstić information content (AvgIpc) is 2.93. The first-order valence-electron chi connectivity index (χ1n) is 11.4. The number of carbonyl (C=O) groups excluding carboxylic acids is 1. The third-order valence-corrected chi connectivity index (χ3v) is 6.79. The summed E-state index contributed by atoms with van der Waals surface area (Å²) >= 11 is 0. The van der Waals surface area contributed by atoms with Gasteiger partial charge in [0.25, 0.3) is 0 Å². The van der Waals surface area contributed by atoms with E-state index < -0.39 is 12.2 Å². The van der Waals surface area contributed by atoms with Gasteiger partial charge in [0.05, 0.1) is 25.4 Å². The highest BCUT2D eigenvalue weighted by molar-refractivity contribution is 5.68. The van der Waals surface area contributed by atoms with E-state index >= 15 is 0 Å². The molecule has 1 aromatic rings. The van der Waals surface area contributed by atoms with Crippen LogP contribution in [-0.2, 0) is 20.7 Å². The molecule has 2 aliphatic rings. The smallest absolute Gasteiger partial charge is 0.305 e. The number of hydrogen-bond acceptors (Lipinski definition) is 5. The molecule has 1 saturated carbocycles. The van der Waals surface area contributed by atoms with Crippen LogP contribution in [0.25, 0.3) is 0 Å². The second kappa shape index (κ2) is 11.7. The predicted molar refractivity (Wildman–Crippen MR) is 116 cm³/mol. The van der Waals surface area contributed by atoms with Gasteiger partial charge in [-0.15, -0.1) is 0 Å². The number of methoxy groups -OCH3 is 1. The number of aliphatic hydroxyl groups is 2. The quantitative estimate of drug-likeness (QED) is 0.457. The Labute approximate surface area is 184 Å². The summed E-state index contributed by atoms with van der Waals surface area (Å²) in [5, 5.41) is 20.9. The number of aryl methyl sites for hydroxylation is 1. The minimum Gasteiger partial charge on any atom is -0.469 e. The van der Waals surface area contributed by atoms with Crippen LogP contribution >= 0.6 is 0 Å². The third-order valence-electron chi connectivity index (χ3n) is 6.79. The van der Waals surface area contributed by atoms with Gasteiger partial charge in [0.1, 0.15) is 5.82 Å². The second-order valence-corrected chi connectivity index (χ2v) is 8.91. The second-order valence-electron chi connectivity index (χ2n) is 8.91. The Bertz CT molecular complexity index is 736. The minimum atomic E-state index is -0.677. The van der Waals surface area contributed by atoms with E-state index in [2.05, 4.69) is 0 Å². The predicted octanol–water partition coefficient (Wildman–Crippen LogP) is 3.81. The topological polar surface area (TPSA) is 76.0 Å². The first-order chi connectivity index (χ1) is 15.0. The summed E-state index contributed by atoms with van der Waals surface area (Å²) in [4.78, 5) is 11.3. The van der Waals surface area contributed by atoms with Gasteiger partial charge in [-0.3, -0.25) is 4.79 Å². The van der Waals surface area contributed by atoms with Crippen LogP contribution in [0.4, 0.5) is 4.39 Å². The highest BCUT2D eigenvalue weighted by Gasteiger charge is 2.43. The Morgan fingerprint density at radius 3 is 2.94 bits per heavy atom. The number of ether oxygens (including phenoxy) is 2. The van der Waals surface area contributed by atoms with Crippen molar-refractivity contribution in [3.63, 3.8) is 0 Å². The van der Waals surface area contributed by atoms with E-state index in [1.54, 1.807) is 24.3 Å². The van der Waals surface area contributed by atoms with Gasteiger partial charge in [-0.05, 0) is 62.0 Å². The molecular weight excluding hydrogens is 399 g/mol. The Hall–Kier alpha value is -1.76. The Morgan fingerprint density at radius 2 is 2.16 bits per heavy atom. The van der Waals surface area contributed by atoms with Gasteiger partial charge in [0, 0.05) is 25.4 Å². The SMILES string of the molecule is COC(=O)CCC[C@H]1CC[C@@H]2[C@@H](/C=C/[C@H](O)CCc3ccccc3F)[C@H](O)C[C@@H]2OC1. The monoisotopic (exact) mass is 434 g/mol. The fourth-order valence-corrected chi connectivity index (χ4v) is 4.94. The lowest BCUT2D eigenvalue weighted by Gasteiger charge is -2.21. The standard InChI is InChI=1S/C25H35FO5/c1-30-25(29)8-4-5-17-9-13-21-20(23(28)15-24(21)31-16-17)14-12-19(27)11-10-18-6-2-3-7-22(18)26/h2-3,6-7,12,14,17,19-21,23-24,27-28H,4-5,8-11,13,15-16H2,1H3/b14-12+/t17-,19+,20+,21+,23+,24-/m0/s1. The summed E-state index contributed by atoms with van der Waals surface area (Å²) in [6.45, 7) is 0.663. The molecule has 1 saturated heterocycles. The van der Waals surface area contributed by atoms with E-state index in [1.807, 2.05) is 6.08 Å². The molecule has 0 unspecified atom stereocenters. The zero-order valence-electron chi connectivity index (χ0n) is 18.3. The molecule has 6 atom stereocenters. The number of esters is 1. The number of carbonyl (C=O) groups is 1. The molecule has 5 nitrogen and oxygen atoms in total. The molecule has 6 heteroatoms. The molecule has 0 aromatic heterocycles. The van der Waals surface area contributed by atoms with Crippen molar-refractivity contribution in [1.29, 1.82) is 0 Å². The number of hydrogen-bond donors (Lipinski definition) is 2. The Kier molecular flexibility index (Phi) is 9.05. The van der Waals surface area contributed by atoms with Crippen LogP contribution in [-0.4, -0.2) is 48.2 Å². The fraction of sp³-hybridized carbons (Fsp3) is 0.640. The molecule has 0 bridgehead atoms. The Balaban J connectivity index is 1.48. The molecule has 2 fully saturated rings. The summed E-state index contributed by atoms with van der Waals surface area (Å²) < 4.78 is 24.6. The van der Waals surface area contributed by atoms with Gasteiger partial charge in [-0.25, -0.2) is 4.39 Å². The van der Waals surface area contributed by atoms with Crippen LogP contribution in [0.2, 0.25) is 0 Å². The summed E-state index contributed by atoms with van der Waals surface area (Å²) in [6, 6.07) is 6.62. The van der Waals surface area contributed by atoms with Gasteiger partial charge in [-0.1, -0.05) is 30.4 Å². The molecule has 0 spiro atoms. The van der Waals surface area contributed by atoms with Crippen molar-refractivity contribution < 1.29 is 28.9 Å². The maximum absolute atomic E-state index is 13.7. The maximum atomic E-state index is 13.7. The number of benzene rings is 1. The van der Waals surface area contributed by atoms with Crippen LogP contribution in [0.5, 0.6) is 0 Å². The molecular formula is C25H35FO5. The lowest BCUT2D eigenvalue weighted by Crippen LogP contribution is -2.21. The van der Waals surface area contributed by atoms with Crippen LogP contribution < -0.4 is 0 Å². The lowest BCUT2D eigenvalue weighted by atomic mass is 9.86. The van der Waals surface area contributed by atoms with Crippen molar-refractivity contribution in [2.75, 3.05) is 13.7 Å². The summed E-state index contributed by atoms with van der Waals surface area (Å²) in [5.41, 5.74) is 0.603. The number of rotatable bonds is 9. The Morgan fingerprint density at radius 1 is 1.35 bits per heavy atom. The molecule has 1 aliphatic heterocycles. The van der Waals surface area contributed by atoms with E-state index in [-0.39, 0.29) is 29.7 Å². The van der Waals surface area contributed by atoms with Crippen molar-refractivity contribution in [1.82, 2.24) is 0 Å². The lowest BCUT2D eigenvalue weighted by molar-refractivity contribution is -0.140. The molecule has 2 N–H and O–H groups in total. The van der Waals surface area contributed by atoms with Gasteiger partial charge >= 0.3 is 5.97 Å². The van der Waals surface area contributed by atoms with Crippen LogP contribution in [0.3, 0.4) is 0 Å². The fourth-order valence-electron chi connectivity index (χ4n) is 4.94. The minimum absolute atomic E-state index is 0.0332. The molecule has 0 amide bonds. The first kappa shape index (κ1) is 23.9. The van der Waals surface area contributed by atoms with E-state index in [4.69, 9.17) is 9.47 Å². The van der Waals surface area contributed by atoms with Crippen molar-refractivity contribution in [2.24, 2.45) is 17.8 Å². The summed E-state index contributed by atoms with van der Waals surface area (Å²) in [6.07, 6.45) is 8.23. The van der Waals surface area contributed by atoms with Crippen LogP contribution in [0.15, 0.2) is 36.4 Å². The molecule has 0 radical (unpaired) electrons. The van der Waals surface area contributed by atoms with Gasteiger partial charge < -0.3 is 19.7 Å². The van der Waals surface area contributed by atoms with E-state index in [0.29, 0.717) is 43.8 Å². The van der Waals surface area contributed by atoms with Crippen LogP contribution in [0, 0.1) is 23.6 Å². The largest absolute Gasteiger partial charge is 0.469 e. The van der Waals surface area contributed by atoms with Gasteiger partial charge in [0.15, 0.2) is 0 Å². The van der Waals surface area contributed by atoms with Gasteiger partial charge in [0.2, 0.25) is 0 Å². The van der Waals surface area contributed by atoms with Gasteiger partial charge in [-0.2, -0.15) is 0 Å². The molecule has 3 rings (SSSR count). The molecule has 1 aliphatic carbocycles.